The highest BCUT2D eigenvalue weighted by Gasteiger charge is 2.32. The number of pyridine rings is 1. The van der Waals surface area contributed by atoms with Crippen LogP contribution in [0.2, 0.25) is 5.02 Å². The molecule has 0 aliphatic heterocycles. The van der Waals surface area contributed by atoms with Crippen molar-refractivity contribution in [2.75, 3.05) is 0 Å². The van der Waals surface area contributed by atoms with Crippen molar-refractivity contribution in [3.05, 3.63) is 46.2 Å². The smallest absolute Gasteiger partial charge is 0.433 e. The molecular formula is C18H18Cl2F3NO. The molecule has 1 heterocycles. The molecule has 0 fully saturated rings. The molecule has 1 atom stereocenters. The van der Waals surface area contributed by atoms with Gasteiger partial charge in [0.2, 0.25) is 0 Å². The van der Waals surface area contributed by atoms with Gasteiger partial charge in [0.25, 0.3) is 0 Å². The average molecular weight is 392 g/mol. The fourth-order valence-corrected chi connectivity index (χ4v) is 2.83. The summed E-state index contributed by atoms with van der Waals surface area (Å²) in [7, 11) is 0. The van der Waals surface area contributed by atoms with Crippen molar-refractivity contribution in [2.24, 2.45) is 0 Å². The zero-order valence-corrected chi connectivity index (χ0v) is 15.7. The fourth-order valence-electron chi connectivity index (χ4n) is 2.46. The summed E-state index contributed by atoms with van der Waals surface area (Å²) in [6.45, 7) is 7.29. The van der Waals surface area contributed by atoms with Gasteiger partial charge < -0.3 is 4.74 Å². The average Bonchev–Trinajstić information content (AvgIpc) is 2.49. The SMILES string of the molecule is Cc1c(Cl)cc(C(C)Cl)c(OC(C)C)c1-c1ccc(C(F)(F)F)nc1. The second-order valence-corrected chi connectivity index (χ2v) is 7.05. The van der Waals surface area contributed by atoms with Crippen LogP contribution in [0.1, 0.15) is 43.0 Å². The van der Waals surface area contributed by atoms with Crippen LogP contribution in [-0.4, -0.2) is 11.1 Å². The van der Waals surface area contributed by atoms with Gasteiger partial charge in [-0.3, -0.25) is 4.98 Å². The minimum Gasteiger partial charge on any atom is -0.490 e. The first-order valence-corrected chi connectivity index (χ1v) is 8.51. The summed E-state index contributed by atoms with van der Waals surface area (Å²) in [6.07, 6.45) is -3.46. The summed E-state index contributed by atoms with van der Waals surface area (Å²) in [6, 6.07) is 4.04. The number of alkyl halides is 4. The molecule has 2 rings (SSSR count). The number of ether oxygens (including phenoxy) is 1. The predicted molar refractivity (Wildman–Crippen MR) is 94.5 cm³/mol. The quantitative estimate of drug-likeness (QED) is 0.533. The molecule has 136 valence electrons. The Balaban J connectivity index is 2.70. The molecular weight excluding hydrogens is 374 g/mol. The highest BCUT2D eigenvalue weighted by Crippen LogP contribution is 2.44. The van der Waals surface area contributed by atoms with Gasteiger partial charge in [0.1, 0.15) is 11.4 Å². The third-order valence-corrected chi connectivity index (χ3v) is 4.26. The summed E-state index contributed by atoms with van der Waals surface area (Å²) in [4.78, 5) is 3.54. The highest BCUT2D eigenvalue weighted by atomic mass is 35.5. The Morgan fingerprint density at radius 1 is 1.16 bits per heavy atom. The van der Waals surface area contributed by atoms with Crippen LogP contribution in [0, 0.1) is 6.92 Å². The van der Waals surface area contributed by atoms with Crippen molar-refractivity contribution < 1.29 is 17.9 Å². The normalized spacial score (nSPS) is 13.2. The van der Waals surface area contributed by atoms with Gasteiger partial charge in [0, 0.05) is 27.9 Å². The Morgan fingerprint density at radius 2 is 1.80 bits per heavy atom. The van der Waals surface area contributed by atoms with Crippen molar-refractivity contribution in [3.63, 3.8) is 0 Å². The highest BCUT2D eigenvalue weighted by molar-refractivity contribution is 6.32. The van der Waals surface area contributed by atoms with E-state index in [9.17, 15) is 13.2 Å². The number of aromatic nitrogens is 1. The number of rotatable bonds is 4. The van der Waals surface area contributed by atoms with E-state index in [0.29, 0.717) is 33.0 Å². The zero-order valence-electron chi connectivity index (χ0n) is 14.2. The molecule has 0 radical (unpaired) electrons. The third-order valence-electron chi connectivity index (χ3n) is 3.63. The Hall–Kier alpha value is -1.46. The van der Waals surface area contributed by atoms with Gasteiger partial charge in [0.05, 0.1) is 11.5 Å². The molecule has 2 nitrogen and oxygen atoms in total. The molecule has 1 unspecified atom stereocenters. The predicted octanol–water partition coefficient (Wildman–Crippen LogP) is 6.82. The fraction of sp³-hybridized carbons (Fsp3) is 0.389. The van der Waals surface area contributed by atoms with Gasteiger partial charge in [-0.25, -0.2) is 0 Å². The van der Waals surface area contributed by atoms with E-state index in [-0.39, 0.29) is 11.5 Å². The molecule has 0 aliphatic rings. The van der Waals surface area contributed by atoms with Crippen LogP contribution in [0.5, 0.6) is 5.75 Å². The molecule has 0 saturated heterocycles. The summed E-state index contributed by atoms with van der Waals surface area (Å²) < 4.78 is 44.2. The molecule has 0 N–H and O–H groups in total. The standard InChI is InChI=1S/C18H18Cl2F3NO/c1-9(2)25-17-13(11(4)19)7-14(20)10(3)16(17)12-5-6-15(24-8-12)18(21,22)23/h5-9,11H,1-4H3. The molecule has 1 aromatic carbocycles. The van der Waals surface area contributed by atoms with E-state index < -0.39 is 11.9 Å². The minimum absolute atomic E-state index is 0.143. The Morgan fingerprint density at radius 3 is 2.24 bits per heavy atom. The monoisotopic (exact) mass is 391 g/mol. The van der Waals surface area contributed by atoms with Crippen molar-refractivity contribution in [1.82, 2.24) is 4.98 Å². The van der Waals surface area contributed by atoms with Crippen molar-refractivity contribution in [3.8, 4) is 16.9 Å². The number of benzene rings is 1. The first-order chi connectivity index (χ1) is 11.5. The molecule has 25 heavy (non-hydrogen) atoms. The number of halogens is 5. The molecule has 0 aliphatic carbocycles. The molecule has 0 saturated carbocycles. The van der Waals surface area contributed by atoms with E-state index in [1.165, 1.54) is 12.3 Å². The second kappa shape index (κ2) is 7.42. The number of hydrogen-bond donors (Lipinski definition) is 0. The van der Waals surface area contributed by atoms with Crippen LogP contribution in [0.25, 0.3) is 11.1 Å². The van der Waals surface area contributed by atoms with Crippen LogP contribution in [0.4, 0.5) is 13.2 Å². The van der Waals surface area contributed by atoms with Gasteiger partial charge in [-0.05, 0) is 45.4 Å². The minimum atomic E-state index is -4.49. The van der Waals surface area contributed by atoms with E-state index in [0.717, 1.165) is 6.07 Å². The number of hydrogen-bond acceptors (Lipinski definition) is 2. The maximum absolute atomic E-state index is 12.8. The van der Waals surface area contributed by atoms with Gasteiger partial charge in [-0.15, -0.1) is 11.6 Å². The summed E-state index contributed by atoms with van der Waals surface area (Å²) in [5, 5.41) is 0.0847. The topological polar surface area (TPSA) is 22.1 Å². The first kappa shape index (κ1) is 19.9. The molecule has 0 bridgehead atoms. The lowest BCUT2D eigenvalue weighted by Crippen LogP contribution is -2.11. The maximum Gasteiger partial charge on any atom is 0.433 e. The molecule has 0 spiro atoms. The van der Waals surface area contributed by atoms with Crippen molar-refractivity contribution >= 4 is 23.2 Å². The molecule has 7 heteroatoms. The summed E-state index contributed by atoms with van der Waals surface area (Å²) in [5.41, 5.74) is 1.51. The van der Waals surface area contributed by atoms with Gasteiger partial charge in [0.15, 0.2) is 0 Å². The van der Waals surface area contributed by atoms with Crippen molar-refractivity contribution in [2.45, 2.75) is 45.4 Å². The molecule has 2 aromatic rings. The largest absolute Gasteiger partial charge is 0.490 e. The van der Waals surface area contributed by atoms with Crippen LogP contribution in [0.3, 0.4) is 0 Å². The maximum atomic E-state index is 12.8. The zero-order chi connectivity index (χ0) is 18.9. The summed E-state index contributed by atoms with van der Waals surface area (Å²) >= 11 is 12.6. The van der Waals surface area contributed by atoms with E-state index >= 15 is 0 Å². The van der Waals surface area contributed by atoms with Crippen LogP contribution < -0.4 is 4.74 Å². The Kier molecular flexibility index (Phi) is 5.89. The second-order valence-electron chi connectivity index (χ2n) is 5.99. The number of nitrogens with zero attached hydrogens (tertiary/aromatic N) is 1. The lowest BCUT2D eigenvalue weighted by atomic mass is 9.96. The van der Waals surface area contributed by atoms with E-state index in [1.54, 1.807) is 19.9 Å². The summed E-state index contributed by atoms with van der Waals surface area (Å²) in [5.74, 6) is 0.515. The van der Waals surface area contributed by atoms with Crippen LogP contribution >= 0.6 is 23.2 Å². The molecule has 0 amide bonds. The van der Waals surface area contributed by atoms with Crippen LogP contribution in [0.15, 0.2) is 24.4 Å². The van der Waals surface area contributed by atoms with Gasteiger partial charge in [-0.1, -0.05) is 17.7 Å². The van der Waals surface area contributed by atoms with E-state index in [4.69, 9.17) is 27.9 Å². The lowest BCUT2D eigenvalue weighted by Gasteiger charge is -2.22. The van der Waals surface area contributed by atoms with Crippen LogP contribution in [-0.2, 0) is 6.18 Å². The van der Waals surface area contributed by atoms with E-state index in [1.807, 2.05) is 13.8 Å². The third kappa shape index (κ3) is 4.39. The van der Waals surface area contributed by atoms with Gasteiger partial charge >= 0.3 is 6.18 Å². The lowest BCUT2D eigenvalue weighted by molar-refractivity contribution is -0.141. The van der Waals surface area contributed by atoms with Gasteiger partial charge in [-0.2, -0.15) is 13.2 Å². The molecule has 1 aromatic heterocycles. The van der Waals surface area contributed by atoms with Crippen molar-refractivity contribution in [1.29, 1.82) is 0 Å². The first-order valence-electron chi connectivity index (χ1n) is 7.69. The Labute approximate surface area is 154 Å². The van der Waals surface area contributed by atoms with E-state index in [2.05, 4.69) is 4.98 Å². The Bertz CT molecular complexity index is 756.